The first-order valence-electron chi connectivity index (χ1n) is 6.53. The molecule has 0 radical (unpaired) electrons. The minimum Gasteiger partial charge on any atom is -0.387 e. The Morgan fingerprint density at radius 3 is 2.80 bits per heavy atom. The van der Waals surface area contributed by atoms with Gasteiger partial charge < -0.3 is 4.84 Å². The van der Waals surface area contributed by atoms with Crippen LogP contribution in [0.5, 0.6) is 0 Å². The highest BCUT2D eigenvalue weighted by molar-refractivity contribution is 5.83. The predicted octanol–water partition coefficient (Wildman–Crippen LogP) is 3.32. The molecule has 2 heterocycles. The van der Waals surface area contributed by atoms with Crippen molar-refractivity contribution in [2.75, 3.05) is 0 Å². The largest absolute Gasteiger partial charge is 0.387 e. The molecule has 2 aromatic rings. The van der Waals surface area contributed by atoms with E-state index < -0.39 is 0 Å². The summed E-state index contributed by atoms with van der Waals surface area (Å²) in [6, 6.07) is 11.9. The topological polar surface area (TPSA) is 34.5 Å². The Bertz CT molecular complexity index is 696. The molecule has 0 fully saturated rings. The standard InChI is InChI=1S/C17H14N2O/c1-13-11-17(20-19-13)16-7-3-2-6-15(16)9-8-14-5-4-10-18-12-14/h2-7,10,12,17H,11H2,1H3/t17-/m1/s1. The van der Waals surface area contributed by atoms with Crippen LogP contribution in [0.25, 0.3) is 0 Å². The molecule has 1 aromatic carbocycles. The van der Waals surface area contributed by atoms with Gasteiger partial charge in [0, 0.05) is 35.5 Å². The maximum atomic E-state index is 5.45. The van der Waals surface area contributed by atoms with E-state index in [1.54, 1.807) is 12.4 Å². The zero-order valence-electron chi connectivity index (χ0n) is 11.2. The molecule has 0 aliphatic carbocycles. The monoisotopic (exact) mass is 262 g/mol. The molecule has 0 N–H and O–H groups in total. The van der Waals surface area contributed by atoms with E-state index in [4.69, 9.17) is 4.84 Å². The van der Waals surface area contributed by atoms with Gasteiger partial charge in [-0.15, -0.1) is 0 Å². The van der Waals surface area contributed by atoms with E-state index in [-0.39, 0.29) is 6.10 Å². The van der Waals surface area contributed by atoms with E-state index in [9.17, 15) is 0 Å². The fraction of sp³-hybridized carbons (Fsp3) is 0.176. The third-order valence-electron chi connectivity index (χ3n) is 3.13. The molecular formula is C17H14N2O. The second-order valence-electron chi connectivity index (χ2n) is 4.70. The number of benzene rings is 1. The average Bonchev–Trinajstić information content (AvgIpc) is 2.93. The van der Waals surface area contributed by atoms with Crippen molar-refractivity contribution in [3.05, 3.63) is 65.5 Å². The lowest BCUT2D eigenvalue weighted by molar-refractivity contribution is 0.0855. The summed E-state index contributed by atoms with van der Waals surface area (Å²) in [6.07, 6.45) is 4.31. The van der Waals surface area contributed by atoms with Crippen molar-refractivity contribution in [2.45, 2.75) is 19.4 Å². The molecule has 3 nitrogen and oxygen atoms in total. The van der Waals surface area contributed by atoms with E-state index in [0.717, 1.165) is 28.8 Å². The van der Waals surface area contributed by atoms with Crippen molar-refractivity contribution in [3.8, 4) is 11.8 Å². The van der Waals surface area contributed by atoms with Gasteiger partial charge in [0.25, 0.3) is 0 Å². The van der Waals surface area contributed by atoms with Gasteiger partial charge in [0.1, 0.15) is 0 Å². The van der Waals surface area contributed by atoms with Crippen molar-refractivity contribution >= 4 is 5.71 Å². The Hall–Kier alpha value is -2.60. The molecule has 1 aliphatic rings. The third kappa shape index (κ3) is 2.70. The maximum absolute atomic E-state index is 5.45. The van der Waals surface area contributed by atoms with Gasteiger partial charge in [-0.05, 0) is 25.1 Å². The van der Waals surface area contributed by atoms with Gasteiger partial charge in [0.05, 0.1) is 5.71 Å². The van der Waals surface area contributed by atoms with Crippen LogP contribution in [0, 0.1) is 11.8 Å². The first-order valence-corrected chi connectivity index (χ1v) is 6.53. The fourth-order valence-corrected chi connectivity index (χ4v) is 2.13. The molecule has 1 aromatic heterocycles. The van der Waals surface area contributed by atoms with Crippen molar-refractivity contribution in [1.29, 1.82) is 0 Å². The molecule has 0 bridgehead atoms. The SMILES string of the molecule is CC1=NO[C@@H](c2ccccc2C#Cc2cccnc2)C1. The Kier molecular flexibility index (Phi) is 3.47. The number of aromatic nitrogens is 1. The summed E-state index contributed by atoms with van der Waals surface area (Å²) in [4.78, 5) is 9.51. The first kappa shape index (κ1) is 12.4. The van der Waals surface area contributed by atoms with Crippen LogP contribution in [0.3, 0.4) is 0 Å². The van der Waals surface area contributed by atoms with Crippen LogP contribution >= 0.6 is 0 Å². The summed E-state index contributed by atoms with van der Waals surface area (Å²) in [5.74, 6) is 6.33. The van der Waals surface area contributed by atoms with Gasteiger partial charge in [0.2, 0.25) is 0 Å². The molecule has 20 heavy (non-hydrogen) atoms. The van der Waals surface area contributed by atoms with Crippen molar-refractivity contribution < 1.29 is 4.84 Å². The summed E-state index contributed by atoms with van der Waals surface area (Å²) in [6.45, 7) is 1.98. The fourth-order valence-electron chi connectivity index (χ4n) is 2.13. The number of oxime groups is 1. The maximum Gasteiger partial charge on any atom is 0.159 e. The number of rotatable bonds is 1. The number of hydrogen-bond acceptors (Lipinski definition) is 3. The van der Waals surface area contributed by atoms with Gasteiger partial charge >= 0.3 is 0 Å². The Balaban J connectivity index is 1.90. The highest BCUT2D eigenvalue weighted by atomic mass is 16.6. The lowest BCUT2D eigenvalue weighted by Crippen LogP contribution is -2.00. The third-order valence-corrected chi connectivity index (χ3v) is 3.13. The lowest BCUT2D eigenvalue weighted by atomic mass is 9.99. The van der Waals surface area contributed by atoms with E-state index in [1.165, 1.54) is 0 Å². The molecule has 3 rings (SSSR count). The van der Waals surface area contributed by atoms with Gasteiger partial charge in [-0.2, -0.15) is 0 Å². The molecule has 98 valence electrons. The molecular weight excluding hydrogens is 248 g/mol. The van der Waals surface area contributed by atoms with Crippen LogP contribution in [0.15, 0.2) is 53.9 Å². The number of nitrogens with zero attached hydrogens (tertiary/aromatic N) is 2. The summed E-state index contributed by atoms with van der Waals surface area (Å²) in [5, 5.41) is 4.01. The van der Waals surface area contributed by atoms with E-state index in [2.05, 4.69) is 22.0 Å². The lowest BCUT2D eigenvalue weighted by Gasteiger charge is -2.10. The van der Waals surface area contributed by atoms with E-state index >= 15 is 0 Å². The van der Waals surface area contributed by atoms with Crippen LogP contribution < -0.4 is 0 Å². The van der Waals surface area contributed by atoms with Gasteiger partial charge in [-0.25, -0.2) is 0 Å². The number of pyridine rings is 1. The Morgan fingerprint density at radius 2 is 2.05 bits per heavy atom. The smallest absolute Gasteiger partial charge is 0.159 e. The van der Waals surface area contributed by atoms with Gasteiger partial charge in [0.15, 0.2) is 6.10 Å². The second kappa shape index (κ2) is 5.58. The first-order chi connectivity index (χ1) is 9.83. The Morgan fingerprint density at radius 1 is 1.15 bits per heavy atom. The van der Waals surface area contributed by atoms with Gasteiger partial charge in [-0.3, -0.25) is 4.98 Å². The zero-order valence-corrected chi connectivity index (χ0v) is 11.2. The van der Waals surface area contributed by atoms with E-state index in [0.29, 0.717) is 0 Å². The van der Waals surface area contributed by atoms with E-state index in [1.807, 2.05) is 43.3 Å². The molecule has 1 atom stereocenters. The highest BCUT2D eigenvalue weighted by Crippen LogP contribution is 2.29. The van der Waals surface area contributed by atoms with Crippen LogP contribution in [0.4, 0.5) is 0 Å². The normalized spacial score (nSPS) is 16.9. The van der Waals surface area contributed by atoms with Crippen LogP contribution in [0.1, 0.15) is 36.1 Å². The van der Waals surface area contributed by atoms with Crippen molar-refractivity contribution in [1.82, 2.24) is 4.98 Å². The average molecular weight is 262 g/mol. The predicted molar refractivity (Wildman–Crippen MR) is 78.2 cm³/mol. The second-order valence-corrected chi connectivity index (χ2v) is 4.70. The summed E-state index contributed by atoms with van der Waals surface area (Å²) in [7, 11) is 0. The molecule has 1 aliphatic heterocycles. The molecule has 0 saturated heterocycles. The summed E-state index contributed by atoms with van der Waals surface area (Å²) < 4.78 is 0. The summed E-state index contributed by atoms with van der Waals surface area (Å²) in [5.41, 5.74) is 3.99. The molecule has 0 saturated carbocycles. The van der Waals surface area contributed by atoms with Gasteiger partial charge in [-0.1, -0.05) is 35.2 Å². The van der Waals surface area contributed by atoms with Crippen LogP contribution in [-0.2, 0) is 4.84 Å². The molecule has 0 unspecified atom stereocenters. The van der Waals surface area contributed by atoms with Crippen LogP contribution in [0.2, 0.25) is 0 Å². The number of hydrogen-bond donors (Lipinski definition) is 0. The van der Waals surface area contributed by atoms with Crippen LogP contribution in [-0.4, -0.2) is 10.7 Å². The quantitative estimate of drug-likeness (QED) is 0.739. The highest BCUT2D eigenvalue weighted by Gasteiger charge is 2.21. The minimum absolute atomic E-state index is 0.0191. The molecule has 0 spiro atoms. The zero-order chi connectivity index (χ0) is 13.8. The minimum atomic E-state index is -0.0191. The molecule has 0 amide bonds. The molecule has 3 heteroatoms. The van der Waals surface area contributed by atoms with Crippen molar-refractivity contribution in [3.63, 3.8) is 0 Å². The van der Waals surface area contributed by atoms with Crippen molar-refractivity contribution in [2.24, 2.45) is 5.16 Å². The summed E-state index contributed by atoms with van der Waals surface area (Å²) >= 11 is 0. The Labute approximate surface area is 118 Å².